The summed E-state index contributed by atoms with van der Waals surface area (Å²) < 4.78 is 0. The number of allylic oxidation sites excluding steroid dienone is 1. The Hall–Kier alpha value is -1.95. The normalized spacial score (nSPS) is 25.3. The SMILES string of the molecule is Cc1cccc(C[C@@H](O)C=C[C@@H]2[C@H]3CC(CCNCC(=O)N(C(C)C)C(C)C)=C[C@H]3C[C@H]2O)c1. The highest BCUT2D eigenvalue weighted by atomic mass is 16.3. The van der Waals surface area contributed by atoms with Crippen LogP contribution < -0.4 is 5.32 Å². The number of hydrogen-bond acceptors (Lipinski definition) is 4. The largest absolute Gasteiger partial charge is 0.392 e. The fourth-order valence-corrected chi connectivity index (χ4v) is 5.90. The van der Waals surface area contributed by atoms with Gasteiger partial charge in [-0.2, -0.15) is 0 Å². The molecule has 0 saturated heterocycles. The number of amides is 1. The van der Waals surface area contributed by atoms with E-state index in [1.807, 2.05) is 23.1 Å². The fourth-order valence-electron chi connectivity index (χ4n) is 5.90. The number of hydrogen-bond donors (Lipinski definition) is 3. The number of aliphatic hydroxyl groups excluding tert-OH is 2. The van der Waals surface area contributed by atoms with E-state index in [1.54, 1.807) is 0 Å². The lowest BCUT2D eigenvalue weighted by atomic mass is 9.88. The Bertz CT molecular complexity index is 868. The minimum absolute atomic E-state index is 0.0890. The van der Waals surface area contributed by atoms with E-state index in [0.717, 1.165) is 31.4 Å². The number of aliphatic hydroxyl groups is 2. The van der Waals surface area contributed by atoms with Gasteiger partial charge in [-0.05, 0) is 77.8 Å². The maximum absolute atomic E-state index is 12.5. The number of benzene rings is 1. The van der Waals surface area contributed by atoms with Crippen molar-refractivity contribution < 1.29 is 15.0 Å². The molecule has 188 valence electrons. The smallest absolute Gasteiger partial charge is 0.236 e. The third kappa shape index (κ3) is 7.03. The molecular weight excluding hydrogens is 424 g/mol. The second-order valence-corrected chi connectivity index (χ2v) is 10.8. The number of fused-ring (bicyclic) bond motifs is 1. The number of carbonyl (C=O) groups is 1. The van der Waals surface area contributed by atoms with Crippen LogP contribution in [0.4, 0.5) is 0 Å². The summed E-state index contributed by atoms with van der Waals surface area (Å²) in [5.74, 6) is 1.06. The molecule has 0 unspecified atom stereocenters. The molecule has 1 fully saturated rings. The summed E-state index contributed by atoms with van der Waals surface area (Å²) in [5.41, 5.74) is 3.75. The van der Waals surface area contributed by atoms with Crippen molar-refractivity contribution in [1.82, 2.24) is 10.2 Å². The predicted molar refractivity (Wildman–Crippen MR) is 138 cm³/mol. The first-order chi connectivity index (χ1) is 16.2. The van der Waals surface area contributed by atoms with Gasteiger partial charge in [0.2, 0.25) is 5.91 Å². The van der Waals surface area contributed by atoms with Gasteiger partial charge in [-0.1, -0.05) is 53.6 Å². The molecular formula is C29H44N2O3. The Kier molecular flexibility index (Phi) is 9.52. The highest BCUT2D eigenvalue weighted by Crippen LogP contribution is 2.47. The molecule has 5 heteroatoms. The molecule has 2 aliphatic rings. The van der Waals surface area contributed by atoms with Crippen molar-refractivity contribution in [2.45, 2.75) is 84.6 Å². The molecule has 1 aromatic carbocycles. The maximum Gasteiger partial charge on any atom is 0.236 e. The van der Waals surface area contributed by atoms with E-state index in [-0.39, 0.29) is 30.0 Å². The Morgan fingerprint density at radius 1 is 1.24 bits per heavy atom. The van der Waals surface area contributed by atoms with Crippen molar-refractivity contribution in [3.8, 4) is 0 Å². The monoisotopic (exact) mass is 468 g/mol. The summed E-state index contributed by atoms with van der Waals surface area (Å²) in [6.07, 6.45) is 8.70. The van der Waals surface area contributed by atoms with Crippen LogP contribution in [0.1, 0.15) is 58.1 Å². The van der Waals surface area contributed by atoms with Crippen LogP contribution >= 0.6 is 0 Å². The predicted octanol–water partition coefficient (Wildman–Crippen LogP) is 4.02. The van der Waals surface area contributed by atoms with Crippen molar-refractivity contribution in [3.63, 3.8) is 0 Å². The van der Waals surface area contributed by atoms with Gasteiger partial charge in [0, 0.05) is 24.4 Å². The zero-order chi connectivity index (χ0) is 24.8. The van der Waals surface area contributed by atoms with Crippen LogP contribution in [0.15, 0.2) is 48.1 Å². The van der Waals surface area contributed by atoms with E-state index in [1.165, 1.54) is 11.1 Å². The Morgan fingerprint density at radius 3 is 2.65 bits per heavy atom. The van der Waals surface area contributed by atoms with Crippen LogP contribution in [0.5, 0.6) is 0 Å². The average Bonchev–Trinajstić information content (AvgIpc) is 3.25. The van der Waals surface area contributed by atoms with Crippen LogP contribution in [0, 0.1) is 24.7 Å². The minimum Gasteiger partial charge on any atom is -0.392 e. The lowest BCUT2D eigenvalue weighted by Gasteiger charge is -2.31. The molecule has 2 aliphatic carbocycles. The first-order valence-electron chi connectivity index (χ1n) is 13.0. The van der Waals surface area contributed by atoms with Gasteiger partial charge in [-0.15, -0.1) is 0 Å². The van der Waals surface area contributed by atoms with Crippen LogP contribution in [0.25, 0.3) is 0 Å². The highest BCUT2D eigenvalue weighted by Gasteiger charge is 2.43. The van der Waals surface area contributed by atoms with Crippen molar-refractivity contribution in [2.75, 3.05) is 13.1 Å². The van der Waals surface area contributed by atoms with E-state index in [9.17, 15) is 15.0 Å². The third-order valence-electron chi connectivity index (χ3n) is 7.33. The molecule has 0 bridgehead atoms. The summed E-state index contributed by atoms with van der Waals surface area (Å²) in [6, 6.07) is 8.65. The standard InChI is InChI=1S/C29H44N2O3/c1-19(2)31(20(3)4)29(34)18-30-12-11-23-14-24-17-28(33)26(27(24)16-23)10-9-25(32)15-22-8-6-7-21(5)13-22/h6-10,13-14,19-20,24-28,30,32-33H,11-12,15-18H2,1-5H3/t24-,25-,26+,27-,28+/m0/s1. The Labute approximate surface area is 205 Å². The number of rotatable bonds is 11. The highest BCUT2D eigenvalue weighted by molar-refractivity contribution is 5.78. The summed E-state index contributed by atoms with van der Waals surface area (Å²) >= 11 is 0. The molecule has 0 aromatic heterocycles. The van der Waals surface area contributed by atoms with E-state index in [2.05, 4.69) is 64.2 Å². The molecule has 1 aromatic rings. The molecule has 0 spiro atoms. The van der Waals surface area contributed by atoms with Gasteiger partial charge in [-0.25, -0.2) is 0 Å². The maximum atomic E-state index is 12.5. The van der Waals surface area contributed by atoms with Crippen molar-refractivity contribution >= 4 is 5.91 Å². The first kappa shape index (κ1) is 26.7. The molecule has 0 aliphatic heterocycles. The number of carbonyl (C=O) groups excluding carboxylic acids is 1. The molecule has 34 heavy (non-hydrogen) atoms. The molecule has 0 radical (unpaired) electrons. The molecule has 5 atom stereocenters. The lowest BCUT2D eigenvalue weighted by molar-refractivity contribution is -0.133. The Balaban J connectivity index is 1.45. The summed E-state index contributed by atoms with van der Waals surface area (Å²) in [7, 11) is 0. The minimum atomic E-state index is -0.542. The van der Waals surface area contributed by atoms with Crippen LogP contribution in [-0.4, -0.2) is 58.4 Å². The van der Waals surface area contributed by atoms with Crippen LogP contribution in [0.3, 0.4) is 0 Å². The second kappa shape index (κ2) is 12.1. The summed E-state index contributed by atoms with van der Waals surface area (Å²) in [5, 5.41) is 24.5. The zero-order valence-electron chi connectivity index (χ0n) is 21.6. The molecule has 0 heterocycles. The van der Waals surface area contributed by atoms with E-state index in [4.69, 9.17) is 0 Å². The molecule has 3 rings (SSSR count). The number of nitrogens with zero attached hydrogens (tertiary/aromatic N) is 1. The second-order valence-electron chi connectivity index (χ2n) is 10.8. The van der Waals surface area contributed by atoms with E-state index < -0.39 is 6.10 Å². The molecule has 1 amide bonds. The Morgan fingerprint density at radius 2 is 1.97 bits per heavy atom. The van der Waals surface area contributed by atoms with Gasteiger partial charge in [0.1, 0.15) is 0 Å². The van der Waals surface area contributed by atoms with Gasteiger partial charge in [-0.3, -0.25) is 4.79 Å². The lowest BCUT2D eigenvalue weighted by Crippen LogP contribution is -2.46. The molecule has 1 saturated carbocycles. The van der Waals surface area contributed by atoms with Crippen molar-refractivity contribution in [2.24, 2.45) is 17.8 Å². The van der Waals surface area contributed by atoms with E-state index in [0.29, 0.717) is 24.8 Å². The third-order valence-corrected chi connectivity index (χ3v) is 7.33. The zero-order valence-corrected chi connectivity index (χ0v) is 21.6. The van der Waals surface area contributed by atoms with Crippen LogP contribution in [-0.2, 0) is 11.2 Å². The van der Waals surface area contributed by atoms with Crippen molar-refractivity contribution in [3.05, 3.63) is 59.2 Å². The quantitative estimate of drug-likeness (QED) is 0.339. The van der Waals surface area contributed by atoms with Gasteiger partial charge in [0.05, 0.1) is 18.8 Å². The molecule has 5 nitrogen and oxygen atoms in total. The van der Waals surface area contributed by atoms with Crippen LogP contribution in [0.2, 0.25) is 0 Å². The summed E-state index contributed by atoms with van der Waals surface area (Å²) in [6.45, 7) is 11.5. The summed E-state index contributed by atoms with van der Waals surface area (Å²) in [4.78, 5) is 14.4. The number of aryl methyl sites for hydroxylation is 1. The van der Waals surface area contributed by atoms with Gasteiger partial charge >= 0.3 is 0 Å². The van der Waals surface area contributed by atoms with Gasteiger partial charge in [0.15, 0.2) is 0 Å². The first-order valence-corrected chi connectivity index (χ1v) is 13.0. The molecule has 3 N–H and O–H groups in total. The topological polar surface area (TPSA) is 72.8 Å². The number of nitrogens with one attached hydrogen (secondary N) is 1. The van der Waals surface area contributed by atoms with Crippen molar-refractivity contribution in [1.29, 1.82) is 0 Å². The van der Waals surface area contributed by atoms with E-state index >= 15 is 0 Å². The average molecular weight is 469 g/mol. The fraction of sp³-hybridized carbons (Fsp3) is 0.621. The van der Waals surface area contributed by atoms with Gasteiger partial charge in [0.25, 0.3) is 0 Å². The van der Waals surface area contributed by atoms with Gasteiger partial charge < -0.3 is 20.4 Å².